The van der Waals surface area contributed by atoms with Crippen molar-refractivity contribution in [3.05, 3.63) is 34.9 Å². The van der Waals surface area contributed by atoms with E-state index < -0.39 is 0 Å². The third-order valence-corrected chi connectivity index (χ3v) is 3.48. The molecule has 100 valence electrons. The Bertz CT molecular complexity index is 386. The van der Waals surface area contributed by atoms with E-state index in [-0.39, 0.29) is 19.3 Å². The number of hydrogen-bond acceptors (Lipinski definition) is 2. The molecule has 0 aromatic heterocycles. The molecule has 1 fully saturated rings. The number of ether oxygens (including phenoxy) is 1. The lowest BCUT2D eigenvalue weighted by Gasteiger charge is -2.02. The third kappa shape index (κ3) is 4.02. The summed E-state index contributed by atoms with van der Waals surface area (Å²) in [5.41, 5.74) is 1.28. The van der Waals surface area contributed by atoms with Gasteiger partial charge in [-0.3, -0.25) is 4.79 Å². The van der Waals surface area contributed by atoms with Gasteiger partial charge in [0.25, 0.3) is 0 Å². The SMILES string of the molecule is C.CCOC(=O)C1CC1CCc1ccc(Cl)cc1. The molecule has 1 aliphatic rings. The Morgan fingerprint density at radius 2 is 2.06 bits per heavy atom. The summed E-state index contributed by atoms with van der Waals surface area (Å²) < 4.78 is 5.01. The van der Waals surface area contributed by atoms with E-state index in [1.165, 1.54) is 5.56 Å². The van der Waals surface area contributed by atoms with Crippen LogP contribution in [0, 0.1) is 11.8 Å². The molecule has 0 N–H and O–H groups in total. The summed E-state index contributed by atoms with van der Waals surface area (Å²) in [6, 6.07) is 7.91. The second-order valence-corrected chi connectivity index (χ2v) is 4.96. The maximum atomic E-state index is 11.4. The van der Waals surface area contributed by atoms with E-state index in [4.69, 9.17) is 16.3 Å². The number of halogens is 1. The summed E-state index contributed by atoms with van der Waals surface area (Å²) >= 11 is 5.83. The van der Waals surface area contributed by atoms with Crippen molar-refractivity contribution in [2.45, 2.75) is 33.6 Å². The molecule has 2 unspecified atom stereocenters. The van der Waals surface area contributed by atoms with Crippen molar-refractivity contribution >= 4 is 17.6 Å². The van der Waals surface area contributed by atoms with E-state index in [1.54, 1.807) is 0 Å². The van der Waals surface area contributed by atoms with Crippen molar-refractivity contribution in [3.63, 3.8) is 0 Å². The average molecular weight is 269 g/mol. The van der Waals surface area contributed by atoms with Gasteiger partial charge in [0, 0.05) is 5.02 Å². The molecule has 0 radical (unpaired) electrons. The first kappa shape index (κ1) is 15.0. The molecule has 2 atom stereocenters. The van der Waals surface area contributed by atoms with Crippen LogP contribution < -0.4 is 0 Å². The second kappa shape index (κ2) is 6.79. The van der Waals surface area contributed by atoms with Crippen LogP contribution in [0.1, 0.15) is 32.8 Å². The highest BCUT2D eigenvalue weighted by Crippen LogP contribution is 2.42. The van der Waals surface area contributed by atoms with Crippen LogP contribution in [-0.2, 0) is 16.0 Å². The van der Waals surface area contributed by atoms with Gasteiger partial charge in [0.1, 0.15) is 0 Å². The first-order chi connectivity index (χ1) is 8.20. The number of carbonyl (C=O) groups is 1. The number of carbonyl (C=O) groups excluding carboxylic acids is 1. The van der Waals surface area contributed by atoms with Gasteiger partial charge in [-0.25, -0.2) is 0 Å². The van der Waals surface area contributed by atoms with Gasteiger partial charge in [-0.15, -0.1) is 0 Å². The van der Waals surface area contributed by atoms with Gasteiger partial charge < -0.3 is 4.74 Å². The minimum atomic E-state index is -0.0198. The molecule has 0 heterocycles. The molecule has 0 saturated heterocycles. The highest BCUT2D eigenvalue weighted by molar-refractivity contribution is 6.30. The zero-order valence-corrected chi connectivity index (χ0v) is 10.7. The lowest BCUT2D eigenvalue weighted by Crippen LogP contribution is -2.07. The van der Waals surface area contributed by atoms with E-state index in [2.05, 4.69) is 0 Å². The Morgan fingerprint density at radius 1 is 1.39 bits per heavy atom. The van der Waals surface area contributed by atoms with E-state index in [0.29, 0.717) is 12.5 Å². The molecule has 2 nitrogen and oxygen atoms in total. The first-order valence-corrected chi connectivity index (χ1v) is 6.49. The highest BCUT2D eigenvalue weighted by atomic mass is 35.5. The van der Waals surface area contributed by atoms with Crippen LogP contribution in [0.3, 0.4) is 0 Å². The van der Waals surface area contributed by atoms with Gasteiger partial charge in [-0.2, -0.15) is 0 Å². The molecule has 0 aliphatic heterocycles. The zero-order valence-electron chi connectivity index (χ0n) is 9.99. The maximum Gasteiger partial charge on any atom is 0.309 e. The first-order valence-electron chi connectivity index (χ1n) is 6.11. The van der Waals surface area contributed by atoms with Crippen LogP contribution in [0.15, 0.2) is 24.3 Å². The van der Waals surface area contributed by atoms with Crippen molar-refractivity contribution in [1.29, 1.82) is 0 Å². The van der Waals surface area contributed by atoms with Crippen molar-refractivity contribution in [3.8, 4) is 0 Å². The van der Waals surface area contributed by atoms with Crippen LogP contribution in [0.2, 0.25) is 5.02 Å². The van der Waals surface area contributed by atoms with Crippen LogP contribution in [0.4, 0.5) is 0 Å². The van der Waals surface area contributed by atoms with Crippen LogP contribution in [0.5, 0.6) is 0 Å². The topological polar surface area (TPSA) is 26.3 Å². The Kier molecular flexibility index (Phi) is 5.67. The standard InChI is InChI=1S/C14H17ClO2.CH4/c1-2-17-14(16)13-9-11(13)6-3-10-4-7-12(15)8-5-10;/h4-5,7-8,11,13H,2-3,6,9H2,1H3;1H4. The van der Waals surface area contributed by atoms with Gasteiger partial charge >= 0.3 is 5.97 Å². The largest absolute Gasteiger partial charge is 0.466 e. The fourth-order valence-corrected chi connectivity index (χ4v) is 2.23. The minimum Gasteiger partial charge on any atom is -0.466 e. The zero-order chi connectivity index (χ0) is 12.3. The summed E-state index contributed by atoms with van der Waals surface area (Å²) in [7, 11) is 0. The van der Waals surface area contributed by atoms with Gasteiger partial charge in [0.05, 0.1) is 12.5 Å². The van der Waals surface area contributed by atoms with Gasteiger partial charge in [-0.1, -0.05) is 31.2 Å². The van der Waals surface area contributed by atoms with Crippen LogP contribution in [-0.4, -0.2) is 12.6 Å². The van der Waals surface area contributed by atoms with E-state index in [0.717, 1.165) is 24.3 Å². The second-order valence-electron chi connectivity index (χ2n) is 4.52. The van der Waals surface area contributed by atoms with Crippen molar-refractivity contribution < 1.29 is 9.53 Å². The summed E-state index contributed by atoms with van der Waals surface area (Å²) in [6.45, 7) is 2.34. The number of aryl methyl sites for hydroxylation is 1. The normalized spacial score (nSPS) is 21.0. The minimum absolute atomic E-state index is 0. The lowest BCUT2D eigenvalue weighted by atomic mass is 10.1. The number of benzene rings is 1. The predicted molar refractivity (Wildman–Crippen MR) is 74.7 cm³/mol. The van der Waals surface area contributed by atoms with Gasteiger partial charge in [0.15, 0.2) is 0 Å². The molecule has 0 bridgehead atoms. The van der Waals surface area contributed by atoms with Crippen LogP contribution >= 0.6 is 11.6 Å². The third-order valence-electron chi connectivity index (χ3n) is 3.23. The van der Waals surface area contributed by atoms with Crippen molar-refractivity contribution in [2.24, 2.45) is 11.8 Å². The number of rotatable bonds is 5. The monoisotopic (exact) mass is 268 g/mol. The summed E-state index contributed by atoms with van der Waals surface area (Å²) in [5, 5.41) is 0.768. The van der Waals surface area contributed by atoms with Crippen LogP contribution in [0.25, 0.3) is 0 Å². The maximum absolute atomic E-state index is 11.4. The predicted octanol–water partition coefficient (Wildman–Crippen LogP) is 4.11. The summed E-state index contributed by atoms with van der Waals surface area (Å²) in [5.74, 6) is 0.653. The molecular formula is C15H21ClO2. The summed E-state index contributed by atoms with van der Waals surface area (Å²) in [6.07, 6.45) is 3.06. The molecular weight excluding hydrogens is 248 g/mol. The quantitative estimate of drug-likeness (QED) is 0.752. The Labute approximate surface area is 114 Å². The van der Waals surface area contributed by atoms with Gasteiger partial charge in [-0.05, 0) is 49.8 Å². The number of esters is 1. The Balaban J connectivity index is 0.00000162. The van der Waals surface area contributed by atoms with Crippen molar-refractivity contribution in [1.82, 2.24) is 0 Å². The molecule has 3 heteroatoms. The molecule has 1 aliphatic carbocycles. The fraction of sp³-hybridized carbons (Fsp3) is 0.533. The number of hydrogen-bond donors (Lipinski definition) is 0. The van der Waals surface area contributed by atoms with E-state index >= 15 is 0 Å². The Morgan fingerprint density at radius 3 is 2.67 bits per heavy atom. The summed E-state index contributed by atoms with van der Waals surface area (Å²) in [4.78, 5) is 11.4. The Hall–Kier alpha value is -1.02. The highest BCUT2D eigenvalue weighted by Gasteiger charge is 2.43. The average Bonchev–Trinajstić information content (AvgIpc) is 3.08. The van der Waals surface area contributed by atoms with E-state index in [1.807, 2.05) is 31.2 Å². The molecule has 1 aromatic rings. The molecule has 1 saturated carbocycles. The molecule has 1 aromatic carbocycles. The van der Waals surface area contributed by atoms with E-state index in [9.17, 15) is 4.79 Å². The molecule has 0 amide bonds. The van der Waals surface area contributed by atoms with Crippen molar-refractivity contribution in [2.75, 3.05) is 6.61 Å². The molecule has 2 rings (SSSR count). The fourth-order valence-electron chi connectivity index (χ4n) is 2.11. The molecule has 0 spiro atoms. The lowest BCUT2D eigenvalue weighted by molar-refractivity contribution is -0.145. The smallest absolute Gasteiger partial charge is 0.309 e. The molecule has 18 heavy (non-hydrogen) atoms. The van der Waals surface area contributed by atoms with Gasteiger partial charge in [0.2, 0.25) is 0 Å².